The Hall–Kier alpha value is -0.670. The summed E-state index contributed by atoms with van der Waals surface area (Å²) in [7, 11) is 0. The summed E-state index contributed by atoms with van der Waals surface area (Å²) in [5.74, 6) is 0.857. The average Bonchev–Trinajstić information content (AvgIpc) is 3.30. The fourth-order valence-corrected chi connectivity index (χ4v) is 3.61. The predicted octanol–water partition coefficient (Wildman–Crippen LogP) is 5.54. The number of halogens is 2. The van der Waals surface area contributed by atoms with E-state index in [1.807, 2.05) is 24.3 Å². The van der Waals surface area contributed by atoms with Crippen LogP contribution in [-0.4, -0.2) is 6.04 Å². The first-order valence-electron chi connectivity index (χ1n) is 7.10. The van der Waals surface area contributed by atoms with Crippen LogP contribution in [-0.2, 0) is 12.3 Å². The van der Waals surface area contributed by atoms with Crippen molar-refractivity contribution in [3.63, 3.8) is 0 Å². The van der Waals surface area contributed by atoms with Gasteiger partial charge in [-0.15, -0.1) is 11.8 Å². The minimum atomic E-state index is 0.704. The summed E-state index contributed by atoms with van der Waals surface area (Å²) in [6.45, 7) is 0.860. The third kappa shape index (κ3) is 4.40. The number of hydrogen-bond donors (Lipinski definition) is 1. The van der Waals surface area contributed by atoms with Crippen LogP contribution in [0.2, 0.25) is 10.0 Å². The van der Waals surface area contributed by atoms with E-state index in [1.165, 1.54) is 23.3 Å². The maximum Gasteiger partial charge on any atom is 0.0462 e. The minimum absolute atomic E-state index is 0.704. The summed E-state index contributed by atoms with van der Waals surface area (Å²) in [6.07, 6.45) is 2.59. The molecule has 1 fully saturated rings. The number of nitrogens with one attached hydrogen (secondary N) is 1. The summed E-state index contributed by atoms with van der Waals surface area (Å²) in [4.78, 5) is 1.18. The highest BCUT2D eigenvalue weighted by Gasteiger charge is 2.20. The quantitative estimate of drug-likeness (QED) is 0.694. The molecule has 1 aliphatic carbocycles. The van der Waals surface area contributed by atoms with Crippen LogP contribution in [0.25, 0.3) is 0 Å². The second kappa shape index (κ2) is 7.06. The van der Waals surface area contributed by atoms with Crippen LogP contribution < -0.4 is 5.32 Å². The zero-order chi connectivity index (χ0) is 14.7. The van der Waals surface area contributed by atoms with Gasteiger partial charge >= 0.3 is 0 Å². The van der Waals surface area contributed by atoms with Gasteiger partial charge in [-0.1, -0.05) is 47.5 Å². The first kappa shape index (κ1) is 15.2. The molecule has 1 aliphatic rings. The van der Waals surface area contributed by atoms with Crippen molar-refractivity contribution in [3.8, 4) is 0 Å². The molecule has 3 rings (SSSR count). The summed E-state index contributed by atoms with van der Waals surface area (Å²) in [6, 6.07) is 15.0. The van der Waals surface area contributed by atoms with Gasteiger partial charge in [0.25, 0.3) is 0 Å². The standard InChI is InChI=1S/C17H17Cl2NS/c18-16-4-2-1-3-13(16)11-21-15-8-5-12(17(19)9-15)10-20-14-6-7-14/h1-5,8-9,14,20H,6-7,10-11H2. The van der Waals surface area contributed by atoms with E-state index in [0.717, 1.165) is 27.9 Å². The molecule has 0 amide bonds. The van der Waals surface area contributed by atoms with Crippen LogP contribution in [0.3, 0.4) is 0 Å². The van der Waals surface area contributed by atoms with Crippen LogP contribution in [0, 0.1) is 0 Å². The van der Waals surface area contributed by atoms with Crippen LogP contribution in [0.5, 0.6) is 0 Å². The number of thioether (sulfide) groups is 1. The Morgan fingerprint density at radius 2 is 1.81 bits per heavy atom. The van der Waals surface area contributed by atoms with E-state index >= 15 is 0 Å². The molecular weight excluding hydrogens is 321 g/mol. The molecule has 1 N–H and O–H groups in total. The zero-order valence-corrected chi connectivity index (χ0v) is 13.9. The fraction of sp³-hybridized carbons (Fsp3) is 0.294. The lowest BCUT2D eigenvalue weighted by molar-refractivity contribution is 0.687. The van der Waals surface area contributed by atoms with Gasteiger partial charge in [-0.3, -0.25) is 0 Å². The molecule has 0 bridgehead atoms. The topological polar surface area (TPSA) is 12.0 Å². The van der Waals surface area contributed by atoms with Gasteiger partial charge in [0, 0.05) is 33.3 Å². The van der Waals surface area contributed by atoms with E-state index in [-0.39, 0.29) is 0 Å². The van der Waals surface area contributed by atoms with E-state index in [0.29, 0.717) is 6.04 Å². The maximum absolute atomic E-state index is 6.37. The van der Waals surface area contributed by atoms with Crippen molar-refractivity contribution in [3.05, 3.63) is 63.6 Å². The smallest absolute Gasteiger partial charge is 0.0462 e. The molecule has 1 nitrogen and oxygen atoms in total. The van der Waals surface area contributed by atoms with Crippen molar-refractivity contribution in [2.45, 2.75) is 36.1 Å². The van der Waals surface area contributed by atoms with Crippen LogP contribution in [0.1, 0.15) is 24.0 Å². The molecule has 0 spiro atoms. The molecule has 0 unspecified atom stereocenters. The van der Waals surface area contributed by atoms with Gasteiger partial charge in [-0.25, -0.2) is 0 Å². The highest BCUT2D eigenvalue weighted by molar-refractivity contribution is 7.98. The first-order valence-corrected chi connectivity index (χ1v) is 8.84. The van der Waals surface area contributed by atoms with Gasteiger partial charge < -0.3 is 5.32 Å². The van der Waals surface area contributed by atoms with Gasteiger partial charge in [0.05, 0.1) is 0 Å². The maximum atomic E-state index is 6.37. The first-order chi connectivity index (χ1) is 10.2. The van der Waals surface area contributed by atoms with E-state index in [4.69, 9.17) is 23.2 Å². The van der Waals surface area contributed by atoms with Crippen molar-refractivity contribution in [2.24, 2.45) is 0 Å². The molecule has 0 atom stereocenters. The molecule has 21 heavy (non-hydrogen) atoms. The molecule has 110 valence electrons. The molecule has 0 heterocycles. The third-order valence-electron chi connectivity index (χ3n) is 3.54. The van der Waals surface area contributed by atoms with E-state index < -0.39 is 0 Å². The monoisotopic (exact) mass is 337 g/mol. The summed E-state index contributed by atoms with van der Waals surface area (Å²) in [5.41, 5.74) is 2.32. The molecule has 0 aliphatic heterocycles. The molecule has 4 heteroatoms. The Morgan fingerprint density at radius 3 is 2.52 bits per heavy atom. The Balaban J connectivity index is 1.60. The molecule has 1 saturated carbocycles. The largest absolute Gasteiger partial charge is 0.310 e. The van der Waals surface area contributed by atoms with E-state index in [9.17, 15) is 0 Å². The highest BCUT2D eigenvalue weighted by Crippen LogP contribution is 2.30. The molecule has 2 aromatic rings. The van der Waals surface area contributed by atoms with Crippen molar-refractivity contribution in [1.29, 1.82) is 0 Å². The molecule has 2 aromatic carbocycles. The highest BCUT2D eigenvalue weighted by atomic mass is 35.5. The van der Waals surface area contributed by atoms with Gasteiger partial charge in [-0.05, 0) is 42.2 Å². The molecular formula is C17H17Cl2NS. The molecule has 0 radical (unpaired) electrons. The van der Waals surface area contributed by atoms with Crippen molar-refractivity contribution >= 4 is 35.0 Å². The van der Waals surface area contributed by atoms with E-state index in [1.54, 1.807) is 11.8 Å². The van der Waals surface area contributed by atoms with Crippen molar-refractivity contribution in [1.82, 2.24) is 5.32 Å². The minimum Gasteiger partial charge on any atom is -0.310 e. The van der Waals surface area contributed by atoms with Gasteiger partial charge in [0.1, 0.15) is 0 Å². The number of rotatable bonds is 6. The van der Waals surface area contributed by atoms with Crippen LogP contribution in [0.4, 0.5) is 0 Å². The Morgan fingerprint density at radius 1 is 1.00 bits per heavy atom. The fourth-order valence-electron chi connectivity index (χ4n) is 2.08. The van der Waals surface area contributed by atoms with Crippen LogP contribution >= 0.6 is 35.0 Å². The Kier molecular flexibility index (Phi) is 5.12. The van der Waals surface area contributed by atoms with E-state index in [2.05, 4.69) is 23.5 Å². The predicted molar refractivity (Wildman–Crippen MR) is 92.3 cm³/mol. The summed E-state index contributed by atoms with van der Waals surface area (Å²) in [5, 5.41) is 5.15. The van der Waals surface area contributed by atoms with Crippen LogP contribution in [0.15, 0.2) is 47.4 Å². The Labute approximate surface area is 140 Å². The number of benzene rings is 2. The third-order valence-corrected chi connectivity index (χ3v) is 5.30. The van der Waals surface area contributed by atoms with Gasteiger partial charge in [-0.2, -0.15) is 0 Å². The average molecular weight is 338 g/mol. The lowest BCUT2D eigenvalue weighted by atomic mass is 10.2. The van der Waals surface area contributed by atoms with Gasteiger partial charge in [0.2, 0.25) is 0 Å². The summed E-state index contributed by atoms with van der Waals surface area (Å²) >= 11 is 14.3. The molecule has 0 aromatic heterocycles. The summed E-state index contributed by atoms with van der Waals surface area (Å²) < 4.78 is 0. The normalized spacial score (nSPS) is 14.4. The Bertz CT molecular complexity index is 626. The second-order valence-corrected chi connectivity index (χ2v) is 7.15. The SMILES string of the molecule is Clc1cc(SCc2ccccc2Cl)ccc1CNC1CC1. The zero-order valence-electron chi connectivity index (χ0n) is 11.6. The molecule has 0 saturated heterocycles. The van der Waals surface area contributed by atoms with Gasteiger partial charge in [0.15, 0.2) is 0 Å². The lowest BCUT2D eigenvalue weighted by Crippen LogP contribution is -2.15. The van der Waals surface area contributed by atoms with Crippen molar-refractivity contribution < 1.29 is 0 Å². The van der Waals surface area contributed by atoms with Crippen molar-refractivity contribution in [2.75, 3.05) is 0 Å². The lowest BCUT2D eigenvalue weighted by Gasteiger charge is -2.08. The second-order valence-electron chi connectivity index (χ2n) is 5.29. The number of hydrogen-bond acceptors (Lipinski definition) is 2.